The Bertz CT molecular complexity index is 464. The molecular weight excluding hydrogens is 230 g/mol. The number of carbonyl (C=O) groups is 2. The summed E-state index contributed by atoms with van der Waals surface area (Å²) in [5.74, 6) is -0.418. The van der Waals surface area contributed by atoms with Crippen LogP contribution in [0.4, 0.5) is 5.69 Å². The molecule has 0 radical (unpaired) electrons. The van der Waals surface area contributed by atoms with Gasteiger partial charge in [0, 0.05) is 18.3 Å². The minimum Gasteiger partial charge on any atom is -0.326 e. The largest absolute Gasteiger partial charge is 0.326 e. The van der Waals surface area contributed by atoms with Crippen LogP contribution >= 0.6 is 0 Å². The molecule has 1 aromatic rings. The van der Waals surface area contributed by atoms with Gasteiger partial charge in [-0.3, -0.25) is 9.59 Å². The zero-order chi connectivity index (χ0) is 13.5. The van der Waals surface area contributed by atoms with Gasteiger partial charge in [-0.1, -0.05) is 17.7 Å². The monoisotopic (exact) mass is 247 g/mol. The Morgan fingerprint density at radius 2 is 1.78 bits per heavy atom. The van der Waals surface area contributed by atoms with Gasteiger partial charge in [0.1, 0.15) is 0 Å². The molecule has 0 bridgehead atoms. The van der Waals surface area contributed by atoms with Gasteiger partial charge in [0.15, 0.2) is 0 Å². The third-order valence-corrected chi connectivity index (χ3v) is 2.16. The highest BCUT2D eigenvalue weighted by molar-refractivity contribution is 6.05. The molecule has 0 spiro atoms. The van der Waals surface area contributed by atoms with E-state index >= 15 is 0 Å². The molecule has 96 valence electrons. The highest BCUT2D eigenvalue weighted by Gasteiger charge is 2.04. The van der Waals surface area contributed by atoms with Gasteiger partial charge >= 0.3 is 0 Å². The Kier molecular flexibility index (Phi) is 5.05. The molecule has 1 rings (SSSR count). The number of rotatable bonds is 4. The lowest BCUT2D eigenvalue weighted by Gasteiger charge is -2.05. The van der Waals surface area contributed by atoms with E-state index in [0.29, 0.717) is 5.71 Å². The van der Waals surface area contributed by atoms with Crippen LogP contribution in [0.3, 0.4) is 0 Å². The van der Waals surface area contributed by atoms with Crippen LogP contribution in [0.2, 0.25) is 0 Å². The molecular formula is C13H17N3O2. The van der Waals surface area contributed by atoms with Gasteiger partial charge in [0.05, 0.1) is 6.42 Å². The number of anilines is 1. The van der Waals surface area contributed by atoms with Crippen LogP contribution in [0, 0.1) is 6.92 Å². The van der Waals surface area contributed by atoms with Crippen molar-refractivity contribution < 1.29 is 9.59 Å². The van der Waals surface area contributed by atoms with Crippen molar-refractivity contribution >= 4 is 23.2 Å². The third kappa shape index (κ3) is 5.25. The summed E-state index contributed by atoms with van der Waals surface area (Å²) in [6, 6.07) is 7.53. The predicted molar refractivity (Wildman–Crippen MR) is 71.4 cm³/mol. The number of aryl methyl sites for hydroxylation is 1. The van der Waals surface area contributed by atoms with Crippen molar-refractivity contribution in [1.82, 2.24) is 5.43 Å². The average molecular weight is 247 g/mol. The van der Waals surface area contributed by atoms with Crippen LogP contribution in [0.15, 0.2) is 29.4 Å². The summed E-state index contributed by atoms with van der Waals surface area (Å²) in [6.07, 6.45) is 0.147. The number of amides is 2. The normalized spacial score (nSPS) is 10.9. The Labute approximate surface area is 106 Å². The fourth-order valence-corrected chi connectivity index (χ4v) is 1.29. The van der Waals surface area contributed by atoms with Gasteiger partial charge in [0.25, 0.3) is 0 Å². The number of hydrogen-bond acceptors (Lipinski definition) is 3. The molecule has 2 N–H and O–H groups in total. The first-order valence-electron chi connectivity index (χ1n) is 5.63. The minimum absolute atomic E-state index is 0.147. The van der Waals surface area contributed by atoms with Gasteiger partial charge in [-0.25, -0.2) is 5.43 Å². The summed E-state index contributed by atoms with van der Waals surface area (Å²) < 4.78 is 0. The molecule has 2 amide bonds. The number of nitrogens with zero attached hydrogens (tertiary/aromatic N) is 1. The lowest BCUT2D eigenvalue weighted by atomic mass is 10.2. The second-order valence-corrected chi connectivity index (χ2v) is 4.11. The van der Waals surface area contributed by atoms with E-state index in [1.807, 2.05) is 31.2 Å². The summed E-state index contributed by atoms with van der Waals surface area (Å²) >= 11 is 0. The second-order valence-electron chi connectivity index (χ2n) is 4.11. The number of carbonyl (C=O) groups excluding carboxylic acids is 2. The SMILES string of the molecule is CC(=O)N/N=C(\C)CC(=O)Nc1ccc(C)cc1. The summed E-state index contributed by atoms with van der Waals surface area (Å²) in [4.78, 5) is 22.3. The Morgan fingerprint density at radius 3 is 2.33 bits per heavy atom. The zero-order valence-corrected chi connectivity index (χ0v) is 10.8. The molecule has 0 aliphatic rings. The second kappa shape index (κ2) is 6.54. The maximum atomic E-state index is 11.6. The van der Waals surface area contributed by atoms with E-state index in [1.54, 1.807) is 6.92 Å². The van der Waals surface area contributed by atoms with Gasteiger partial charge < -0.3 is 5.32 Å². The van der Waals surface area contributed by atoms with E-state index in [0.717, 1.165) is 11.3 Å². The molecule has 18 heavy (non-hydrogen) atoms. The van der Waals surface area contributed by atoms with E-state index in [-0.39, 0.29) is 18.2 Å². The first kappa shape index (κ1) is 13.9. The lowest BCUT2D eigenvalue weighted by molar-refractivity contribution is -0.119. The van der Waals surface area contributed by atoms with Crippen LogP contribution in [0.1, 0.15) is 25.8 Å². The standard InChI is InChI=1S/C13H17N3O2/c1-9-4-6-12(7-5-9)14-13(18)8-10(2)15-16-11(3)17/h4-7H,8H2,1-3H3,(H,14,18)(H,16,17)/b15-10+. The first-order valence-corrected chi connectivity index (χ1v) is 5.63. The topological polar surface area (TPSA) is 70.6 Å². The third-order valence-electron chi connectivity index (χ3n) is 2.16. The van der Waals surface area contributed by atoms with Crippen molar-refractivity contribution in [2.24, 2.45) is 5.10 Å². The fraction of sp³-hybridized carbons (Fsp3) is 0.308. The minimum atomic E-state index is -0.256. The van der Waals surface area contributed by atoms with Crippen molar-refractivity contribution in [3.8, 4) is 0 Å². The Hall–Kier alpha value is -2.17. The maximum Gasteiger partial charge on any atom is 0.236 e. The summed E-state index contributed by atoms with van der Waals surface area (Å²) in [7, 11) is 0. The average Bonchev–Trinajstić information content (AvgIpc) is 2.29. The Balaban J connectivity index is 2.49. The van der Waals surface area contributed by atoms with Crippen LogP contribution < -0.4 is 10.7 Å². The molecule has 5 heteroatoms. The number of nitrogens with one attached hydrogen (secondary N) is 2. The van der Waals surface area contributed by atoms with Crippen LogP contribution in [0.5, 0.6) is 0 Å². The molecule has 0 fully saturated rings. The molecule has 0 saturated heterocycles. The molecule has 0 aliphatic carbocycles. The van der Waals surface area contributed by atoms with Gasteiger partial charge in [-0.15, -0.1) is 0 Å². The van der Waals surface area contributed by atoms with Crippen molar-refractivity contribution in [2.75, 3.05) is 5.32 Å². The smallest absolute Gasteiger partial charge is 0.236 e. The molecule has 0 atom stereocenters. The van der Waals surface area contributed by atoms with Gasteiger partial charge in [-0.05, 0) is 26.0 Å². The molecule has 0 saturated carbocycles. The van der Waals surface area contributed by atoms with E-state index in [9.17, 15) is 9.59 Å². The van der Waals surface area contributed by atoms with Gasteiger partial charge in [0.2, 0.25) is 11.8 Å². The van der Waals surface area contributed by atoms with E-state index < -0.39 is 0 Å². The predicted octanol–water partition coefficient (Wildman–Crippen LogP) is 1.84. The fourth-order valence-electron chi connectivity index (χ4n) is 1.29. The number of benzene rings is 1. The summed E-state index contributed by atoms with van der Waals surface area (Å²) in [6.45, 7) is 5.03. The molecule has 5 nitrogen and oxygen atoms in total. The summed E-state index contributed by atoms with van der Waals surface area (Å²) in [5.41, 5.74) is 4.73. The molecule has 1 aromatic carbocycles. The van der Waals surface area contributed by atoms with Crippen LogP contribution in [-0.2, 0) is 9.59 Å². The molecule has 0 heterocycles. The highest BCUT2D eigenvalue weighted by Crippen LogP contribution is 2.08. The van der Waals surface area contributed by atoms with Crippen molar-refractivity contribution in [2.45, 2.75) is 27.2 Å². The van der Waals surface area contributed by atoms with Crippen molar-refractivity contribution in [1.29, 1.82) is 0 Å². The Morgan fingerprint density at radius 1 is 1.17 bits per heavy atom. The number of hydrazone groups is 1. The summed E-state index contributed by atoms with van der Waals surface area (Å²) in [5, 5.41) is 6.53. The van der Waals surface area contributed by atoms with Crippen LogP contribution in [0.25, 0.3) is 0 Å². The maximum absolute atomic E-state index is 11.6. The molecule has 0 unspecified atom stereocenters. The zero-order valence-electron chi connectivity index (χ0n) is 10.8. The quantitative estimate of drug-likeness (QED) is 0.629. The highest BCUT2D eigenvalue weighted by atomic mass is 16.2. The molecule has 0 aliphatic heterocycles. The van der Waals surface area contributed by atoms with E-state index in [2.05, 4.69) is 15.8 Å². The van der Waals surface area contributed by atoms with E-state index in [1.165, 1.54) is 6.92 Å². The van der Waals surface area contributed by atoms with Gasteiger partial charge in [-0.2, -0.15) is 5.10 Å². The van der Waals surface area contributed by atoms with Crippen LogP contribution in [-0.4, -0.2) is 17.5 Å². The number of hydrogen-bond donors (Lipinski definition) is 2. The lowest BCUT2D eigenvalue weighted by Crippen LogP contribution is -2.19. The van der Waals surface area contributed by atoms with Crippen molar-refractivity contribution in [3.63, 3.8) is 0 Å². The molecule has 0 aromatic heterocycles. The first-order chi connectivity index (χ1) is 8.47. The van der Waals surface area contributed by atoms with Crippen molar-refractivity contribution in [3.05, 3.63) is 29.8 Å². The van der Waals surface area contributed by atoms with E-state index in [4.69, 9.17) is 0 Å².